The predicted molar refractivity (Wildman–Crippen MR) is 91.9 cm³/mol. The van der Waals surface area contributed by atoms with Crippen molar-refractivity contribution in [3.05, 3.63) is 0 Å². The Morgan fingerprint density at radius 3 is 2.48 bits per heavy atom. The zero-order chi connectivity index (χ0) is 16.4. The molecule has 4 rings (SSSR count). The lowest BCUT2D eigenvalue weighted by Crippen LogP contribution is -2.54. The van der Waals surface area contributed by atoms with Crippen LogP contribution < -0.4 is 0 Å². The van der Waals surface area contributed by atoms with Crippen LogP contribution in [-0.4, -0.2) is 17.0 Å². The Morgan fingerprint density at radius 1 is 1.00 bits per heavy atom. The zero-order valence-corrected chi connectivity index (χ0v) is 15.2. The van der Waals surface area contributed by atoms with Crippen LogP contribution in [0.25, 0.3) is 0 Å². The van der Waals surface area contributed by atoms with Gasteiger partial charge in [-0.05, 0) is 92.3 Å². The van der Waals surface area contributed by atoms with E-state index in [1.165, 1.54) is 38.5 Å². The van der Waals surface area contributed by atoms with Gasteiger partial charge in [0, 0.05) is 12.8 Å². The van der Waals surface area contributed by atoms with Gasteiger partial charge >= 0.3 is 0 Å². The van der Waals surface area contributed by atoms with E-state index in [9.17, 15) is 9.90 Å². The van der Waals surface area contributed by atoms with Crippen LogP contribution in [0.5, 0.6) is 0 Å². The van der Waals surface area contributed by atoms with E-state index in [4.69, 9.17) is 0 Å². The number of rotatable bonds is 1. The molecule has 8 atom stereocenters. The molecule has 2 heteroatoms. The molecule has 0 aromatic rings. The fourth-order valence-corrected chi connectivity index (χ4v) is 7.88. The summed E-state index contributed by atoms with van der Waals surface area (Å²) in [6, 6.07) is 0. The van der Waals surface area contributed by atoms with Crippen LogP contribution in [-0.2, 0) is 4.79 Å². The Labute approximate surface area is 141 Å². The molecular weight excluding hydrogens is 284 g/mol. The second kappa shape index (κ2) is 5.31. The van der Waals surface area contributed by atoms with Crippen LogP contribution in [0.15, 0.2) is 0 Å². The lowest BCUT2D eigenvalue weighted by atomic mass is 9.44. The number of Topliss-reactive ketones (excluding diaryl/α,β-unsaturated/α-hetero) is 1. The minimum absolute atomic E-state index is 0.152. The maximum atomic E-state index is 11.9. The van der Waals surface area contributed by atoms with Crippen molar-refractivity contribution < 1.29 is 9.90 Å². The first kappa shape index (κ1) is 16.1. The molecule has 4 aliphatic carbocycles. The lowest BCUT2D eigenvalue weighted by Gasteiger charge is -2.60. The topological polar surface area (TPSA) is 37.3 Å². The number of aliphatic hydroxyl groups is 1. The van der Waals surface area contributed by atoms with Crippen molar-refractivity contribution in [2.45, 2.75) is 84.7 Å². The predicted octanol–water partition coefficient (Wildman–Crippen LogP) is 4.60. The smallest absolute Gasteiger partial charge is 0.133 e. The molecular formula is C21H34O2. The fourth-order valence-electron chi connectivity index (χ4n) is 7.88. The number of hydrogen-bond acceptors (Lipinski definition) is 2. The Balaban J connectivity index is 1.61. The number of aliphatic hydroxyl groups excluding tert-OH is 1. The molecule has 4 fully saturated rings. The van der Waals surface area contributed by atoms with Gasteiger partial charge in [0.05, 0.1) is 6.10 Å². The van der Waals surface area contributed by atoms with E-state index in [0.717, 1.165) is 37.0 Å². The summed E-state index contributed by atoms with van der Waals surface area (Å²) in [4.78, 5) is 11.9. The van der Waals surface area contributed by atoms with Gasteiger partial charge in [-0.15, -0.1) is 0 Å². The highest BCUT2D eigenvalue weighted by atomic mass is 16.3. The summed E-state index contributed by atoms with van der Waals surface area (Å²) in [5, 5.41) is 10.3. The summed E-state index contributed by atoms with van der Waals surface area (Å²) in [5.74, 6) is 4.18. The van der Waals surface area contributed by atoms with Crippen molar-refractivity contribution in [1.82, 2.24) is 0 Å². The van der Waals surface area contributed by atoms with Crippen molar-refractivity contribution in [1.29, 1.82) is 0 Å². The first-order valence-electron chi connectivity index (χ1n) is 10.1. The van der Waals surface area contributed by atoms with Crippen LogP contribution in [0.3, 0.4) is 0 Å². The van der Waals surface area contributed by atoms with Crippen LogP contribution >= 0.6 is 0 Å². The number of ketones is 1. The number of hydrogen-bond donors (Lipinski definition) is 1. The standard InChI is InChI=1S/C21H34O2/c1-13(22)17-6-7-18-16-5-4-14-12-15(23)8-10-20(14,2)19(16)9-11-21(17,18)3/h13-14,16-19,22H,4-12H2,1-3H3/t13-,14-,16+,17+,18+,19+,20+,21-/m1/s1. The molecule has 0 saturated heterocycles. The van der Waals surface area contributed by atoms with Gasteiger partial charge in [0.2, 0.25) is 0 Å². The molecule has 0 spiro atoms. The van der Waals surface area contributed by atoms with E-state index in [2.05, 4.69) is 13.8 Å². The molecule has 4 aliphatic rings. The van der Waals surface area contributed by atoms with Crippen molar-refractivity contribution in [3.8, 4) is 0 Å². The second-order valence-corrected chi connectivity index (χ2v) is 9.87. The molecule has 0 bridgehead atoms. The van der Waals surface area contributed by atoms with Gasteiger partial charge in [0.25, 0.3) is 0 Å². The van der Waals surface area contributed by atoms with E-state index in [-0.39, 0.29) is 6.10 Å². The van der Waals surface area contributed by atoms with E-state index in [0.29, 0.717) is 28.4 Å². The van der Waals surface area contributed by atoms with Crippen molar-refractivity contribution in [2.75, 3.05) is 0 Å². The van der Waals surface area contributed by atoms with Crippen LogP contribution in [0.1, 0.15) is 78.6 Å². The normalized spacial score (nSPS) is 54.1. The summed E-state index contributed by atoms with van der Waals surface area (Å²) in [7, 11) is 0. The van der Waals surface area contributed by atoms with Crippen LogP contribution in [0.2, 0.25) is 0 Å². The molecule has 0 aromatic carbocycles. The van der Waals surface area contributed by atoms with Gasteiger partial charge in [-0.1, -0.05) is 13.8 Å². The number of carbonyl (C=O) groups excluding carboxylic acids is 1. The average molecular weight is 319 g/mol. The number of fused-ring (bicyclic) bond motifs is 5. The zero-order valence-electron chi connectivity index (χ0n) is 15.2. The molecule has 4 saturated carbocycles. The van der Waals surface area contributed by atoms with Gasteiger partial charge in [-0.2, -0.15) is 0 Å². The Morgan fingerprint density at radius 2 is 1.74 bits per heavy atom. The SMILES string of the molecule is C[C@@H](O)[C@@H]1CC[C@H]2[C@@H]3CC[C@@H]4CC(=O)CC[C@]4(C)[C@H]3CC[C@@]21C. The minimum Gasteiger partial charge on any atom is -0.393 e. The Kier molecular flexibility index (Phi) is 3.72. The first-order valence-corrected chi connectivity index (χ1v) is 10.1. The molecule has 0 unspecified atom stereocenters. The molecule has 1 N–H and O–H groups in total. The van der Waals surface area contributed by atoms with Gasteiger partial charge in [-0.3, -0.25) is 4.79 Å². The quantitative estimate of drug-likeness (QED) is 0.767. The average Bonchev–Trinajstić information content (AvgIpc) is 2.85. The van der Waals surface area contributed by atoms with Crippen LogP contribution in [0, 0.1) is 40.4 Å². The minimum atomic E-state index is -0.152. The third-order valence-corrected chi connectivity index (χ3v) is 9.14. The maximum Gasteiger partial charge on any atom is 0.133 e. The third-order valence-electron chi connectivity index (χ3n) is 9.14. The van der Waals surface area contributed by atoms with E-state index >= 15 is 0 Å². The summed E-state index contributed by atoms with van der Waals surface area (Å²) >= 11 is 0. The van der Waals surface area contributed by atoms with Gasteiger partial charge in [0.1, 0.15) is 5.78 Å². The second-order valence-electron chi connectivity index (χ2n) is 9.87. The van der Waals surface area contributed by atoms with Gasteiger partial charge < -0.3 is 5.11 Å². The summed E-state index contributed by atoms with van der Waals surface area (Å²) in [6.07, 6.45) is 10.5. The van der Waals surface area contributed by atoms with Crippen molar-refractivity contribution in [3.63, 3.8) is 0 Å². The first-order chi connectivity index (χ1) is 10.9. The number of carbonyl (C=O) groups is 1. The Bertz CT molecular complexity index is 498. The van der Waals surface area contributed by atoms with Crippen molar-refractivity contribution >= 4 is 5.78 Å². The summed E-state index contributed by atoms with van der Waals surface area (Å²) in [5.41, 5.74) is 0.782. The van der Waals surface area contributed by atoms with Gasteiger partial charge in [0.15, 0.2) is 0 Å². The fraction of sp³-hybridized carbons (Fsp3) is 0.952. The third kappa shape index (κ3) is 2.19. The van der Waals surface area contributed by atoms with Crippen LogP contribution in [0.4, 0.5) is 0 Å². The molecule has 130 valence electrons. The molecule has 0 heterocycles. The summed E-state index contributed by atoms with van der Waals surface area (Å²) in [6.45, 7) is 7.01. The summed E-state index contributed by atoms with van der Waals surface area (Å²) < 4.78 is 0. The largest absolute Gasteiger partial charge is 0.393 e. The molecule has 0 aliphatic heterocycles. The lowest BCUT2D eigenvalue weighted by molar-refractivity contribution is -0.141. The van der Waals surface area contributed by atoms with Crippen molar-refractivity contribution in [2.24, 2.45) is 40.4 Å². The monoisotopic (exact) mass is 318 g/mol. The van der Waals surface area contributed by atoms with E-state index in [1.807, 2.05) is 6.92 Å². The molecule has 0 radical (unpaired) electrons. The van der Waals surface area contributed by atoms with E-state index in [1.54, 1.807) is 0 Å². The van der Waals surface area contributed by atoms with E-state index < -0.39 is 0 Å². The maximum absolute atomic E-state index is 11.9. The highest BCUT2D eigenvalue weighted by Crippen LogP contribution is 2.67. The molecule has 0 aromatic heterocycles. The highest BCUT2D eigenvalue weighted by molar-refractivity contribution is 5.79. The molecule has 0 amide bonds. The molecule has 23 heavy (non-hydrogen) atoms. The molecule has 2 nitrogen and oxygen atoms in total. The Hall–Kier alpha value is -0.370. The van der Waals surface area contributed by atoms with Gasteiger partial charge in [-0.25, -0.2) is 0 Å². The highest BCUT2D eigenvalue weighted by Gasteiger charge is 2.60.